The van der Waals surface area contributed by atoms with Gasteiger partial charge in [-0.2, -0.15) is 13.2 Å². The maximum Gasteiger partial charge on any atom is 0.417 e. The summed E-state index contributed by atoms with van der Waals surface area (Å²) in [4.78, 5) is 0. The van der Waals surface area contributed by atoms with Gasteiger partial charge in [0.1, 0.15) is 0 Å². The Morgan fingerprint density at radius 2 is 1.48 bits per heavy atom. The molecule has 4 heteroatoms. The first-order chi connectivity index (χ1) is 9.93. The van der Waals surface area contributed by atoms with E-state index in [2.05, 4.69) is 15.9 Å². The lowest BCUT2D eigenvalue weighted by molar-refractivity contribution is -0.0685. The number of aryl methyl sites for hydroxylation is 1. The molecule has 0 amide bonds. The maximum atomic E-state index is 13.5. The van der Waals surface area contributed by atoms with Crippen molar-refractivity contribution in [3.63, 3.8) is 0 Å². The topological polar surface area (TPSA) is 0 Å². The minimum absolute atomic E-state index is 0.139. The van der Waals surface area contributed by atoms with E-state index in [-0.39, 0.29) is 16.5 Å². The highest BCUT2D eigenvalue weighted by Crippen LogP contribution is 2.40. The molecular formula is C17H14BrF3. The van der Waals surface area contributed by atoms with E-state index in [1.165, 1.54) is 12.1 Å². The second kappa shape index (κ2) is 6.48. The molecule has 0 aliphatic heterocycles. The molecule has 0 heterocycles. The van der Waals surface area contributed by atoms with Crippen molar-refractivity contribution in [2.45, 2.75) is 13.1 Å². The van der Waals surface area contributed by atoms with E-state index in [0.29, 0.717) is 5.56 Å². The Hall–Kier alpha value is -1.55. The summed E-state index contributed by atoms with van der Waals surface area (Å²) < 4.78 is 40.6. The van der Waals surface area contributed by atoms with Crippen molar-refractivity contribution in [3.05, 3.63) is 71.3 Å². The summed E-state index contributed by atoms with van der Waals surface area (Å²) in [5.41, 5.74) is 1.42. The van der Waals surface area contributed by atoms with Gasteiger partial charge in [-0.1, -0.05) is 76.1 Å². The molecule has 0 radical (unpaired) electrons. The third-order valence-corrected chi connectivity index (χ3v) is 3.74. The Bertz CT molecular complexity index is 625. The monoisotopic (exact) mass is 354 g/mol. The summed E-state index contributed by atoms with van der Waals surface area (Å²) in [6.07, 6.45) is -4.41. The molecule has 0 aromatic heterocycles. The third kappa shape index (κ3) is 3.76. The maximum absolute atomic E-state index is 13.5. The molecule has 0 bridgehead atoms. The predicted molar refractivity (Wildman–Crippen MR) is 84.3 cm³/mol. The van der Waals surface area contributed by atoms with Crippen LogP contribution < -0.4 is 0 Å². The number of allylic oxidation sites excluding steroid dienone is 2. The summed E-state index contributed by atoms with van der Waals surface area (Å²) in [6, 6.07) is 15.0. The Labute approximate surface area is 130 Å². The first-order valence-electron chi connectivity index (χ1n) is 6.42. The van der Waals surface area contributed by atoms with E-state index in [1.807, 2.05) is 19.1 Å². The van der Waals surface area contributed by atoms with E-state index in [4.69, 9.17) is 0 Å². The quantitative estimate of drug-likeness (QED) is 0.478. The fraction of sp³-hybridized carbons (Fsp3) is 0.176. The molecule has 2 rings (SSSR count). The van der Waals surface area contributed by atoms with E-state index in [0.717, 1.165) is 5.56 Å². The average Bonchev–Trinajstić information content (AvgIpc) is 2.45. The van der Waals surface area contributed by atoms with Gasteiger partial charge in [0.2, 0.25) is 0 Å². The molecule has 0 saturated heterocycles. The smallest absolute Gasteiger partial charge is 0.166 e. The van der Waals surface area contributed by atoms with E-state index in [1.54, 1.807) is 30.3 Å². The van der Waals surface area contributed by atoms with Gasteiger partial charge in [-0.3, -0.25) is 0 Å². The summed E-state index contributed by atoms with van der Waals surface area (Å²) in [5.74, 6) is 0. The third-order valence-electron chi connectivity index (χ3n) is 3.18. The van der Waals surface area contributed by atoms with Crippen molar-refractivity contribution in [2.24, 2.45) is 0 Å². The molecule has 21 heavy (non-hydrogen) atoms. The fourth-order valence-corrected chi connectivity index (χ4v) is 2.76. The van der Waals surface area contributed by atoms with Crippen molar-refractivity contribution < 1.29 is 13.2 Å². The van der Waals surface area contributed by atoms with Crippen LogP contribution in [0.15, 0.2) is 54.6 Å². The normalized spacial score (nSPS) is 13.0. The predicted octanol–water partition coefficient (Wildman–Crippen LogP) is 5.86. The Morgan fingerprint density at radius 3 is 1.95 bits per heavy atom. The summed E-state index contributed by atoms with van der Waals surface area (Å²) >= 11 is 3.20. The summed E-state index contributed by atoms with van der Waals surface area (Å²) in [5, 5.41) is 0.139. The number of hydrogen-bond donors (Lipinski definition) is 0. The Kier molecular flexibility index (Phi) is 4.88. The lowest BCUT2D eigenvalue weighted by Crippen LogP contribution is -2.13. The van der Waals surface area contributed by atoms with Crippen molar-refractivity contribution in [2.75, 3.05) is 5.33 Å². The second-order valence-electron chi connectivity index (χ2n) is 4.72. The second-order valence-corrected chi connectivity index (χ2v) is 5.28. The van der Waals surface area contributed by atoms with Gasteiger partial charge in [0.25, 0.3) is 0 Å². The zero-order valence-corrected chi connectivity index (χ0v) is 13.0. The van der Waals surface area contributed by atoms with Crippen LogP contribution in [0.3, 0.4) is 0 Å². The number of rotatable bonds is 3. The first-order valence-corrected chi connectivity index (χ1v) is 7.54. The van der Waals surface area contributed by atoms with Crippen LogP contribution in [0.5, 0.6) is 0 Å². The van der Waals surface area contributed by atoms with Crippen LogP contribution in [0, 0.1) is 6.92 Å². The van der Waals surface area contributed by atoms with E-state index in [9.17, 15) is 13.2 Å². The lowest BCUT2D eigenvalue weighted by Gasteiger charge is -2.17. The van der Waals surface area contributed by atoms with Crippen LogP contribution in [0.1, 0.15) is 16.7 Å². The van der Waals surface area contributed by atoms with Crippen LogP contribution in [0.4, 0.5) is 13.2 Å². The van der Waals surface area contributed by atoms with Gasteiger partial charge in [0, 0.05) is 5.33 Å². The highest BCUT2D eigenvalue weighted by atomic mass is 79.9. The van der Waals surface area contributed by atoms with Crippen LogP contribution in [-0.4, -0.2) is 11.5 Å². The molecule has 0 nitrogen and oxygen atoms in total. The highest BCUT2D eigenvalue weighted by Gasteiger charge is 2.37. The molecule has 0 atom stereocenters. The van der Waals surface area contributed by atoms with Gasteiger partial charge in [0.15, 0.2) is 0 Å². The standard InChI is InChI=1S/C17H14BrF3/c1-12-7-9-13(10-8-12)15(11-18)16(17(19,20)21)14-5-3-2-4-6-14/h2-10H,11H2,1H3/b16-15-. The molecule has 0 fully saturated rings. The van der Waals surface area contributed by atoms with Crippen LogP contribution in [0.2, 0.25) is 0 Å². The summed E-state index contributed by atoms with van der Waals surface area (Å²) in [6.45, 7) is 1.91. The molecular weight excluding hydrogens is 341 g/mol. The van der Waals surface area contributed by atoms with Crippen molar-refractivity contribution in [3.8, 4) is 0 Å². The van der Waals surface area contributed by atoms with Crippen LogP contribution in [0.25, 0.3) is 11.1 Å². The van der Waals surface area contributed by atoms with Crippen LogP contribution in [-0.2, 0) is 0 Å². The van der Waals surface area contributed by atoms with Gasteiger partial charge in [0.05, 0.1) is 5.57 Å². The minimum atomic E-state index is -4.41. The molecule has 2 aromatic rings. The molecule has 2 aromatic carbocycles. The van der Waals surface area contributed by atoms with Gasteiger partial charge < -0.3 is 0 Å². The Balaban J connectivity index is 2.68. The molecule has 0 N–H and O–H groups in total. The van der Waals surface area contributed by atoms with Gasteiger partial charge in [-0.25, -0.2) is 0 Å². The minimum Gasteiger partial charge on any atom is -0.166 e. The van der Waals surface area contributed by atoms with Crippen molar-refractivity contribution >= 4 is 27.1 Å². The highest BCUT2D eigenvalue weighted by molar-refractivity contribution is 9.09. The van der Waals surface area contributed by atoms with Crippen molar-refractivity contribution in [1.29, 1.82) is 0 Å². The fourth-order valence-electron chi connectivity index (χ4n) is 2.16. The zero-order chi connectivity index (χ0) is 15.5. The lowest BCUT2D eigenvalue weighted by atomic mass is 9.95. The molecule has 0 aliphatic carbocycles. The molecule has 0 spiro atoms. The summed E-state index contributed by atoms with van der Waals surface area (Å²) in [7, 11) is 0. The SMILES string of the molecule is Cc1ccc(/C(CBr)=C(/c2ccccc2)C(F)(F)F)cc1. The van der Waals surface area contributed by atoms with Crippen LogP contribution >= 0.6 is 15.9 Å². The molecule has 0 aliphatic rings. The molecule has 110 valence electrons. The number of halogens is 4. The number of hydrogen-bond acceptors (Lipinski definition) is 0. The average molecular weight is 355 g/mol. The zero-order valence-electron chi connectivity index (χ0n) is 11.4. The molecule has 0 unspecified atom stereocenters. The van der Waals surface area contributed by atoms with E-state index >= 15 is 0 Å². The van der Waals surface area contributed by atoms with Gasteiger partial charge in [-0.05, 0) is 23.6 Å². The number of alkyl halides is 4. The number of benzene rings is 2. The first kappa shape index (κ1) is 15.8. The van der Waals surface area contributed by atoms with Gasteiger partial charge in [-0.15, -0.1) is 0 Å². The Morgan fingerprint density at radius 1 is 0.905 bits per heavy atom. The van der Waals surface area contributed by atoms with Gasteiger partial charge >= 0.3 is 6.18 Å². The largest absolute Gasteiger partial charge is 0.417 e. The van der Waals surface area contributed by atoms with E-state index < -0.39 is 11.7 Å². The van der Waals surface area contributed by atoms with Crippen molar-refractivity contribution in [1.82, 2.24) is 0 Å². The molecule has 0 saturated carbocycles.